The number of amides is 2. The van der Waals surface area contributed by atoms with Crippen molar-refractivity contribution in [3.8, 4) is 0 Å². The maximum absolute atomic E-state index is 11.7. The number of benzene rings is 1. The smallest absolute Gasteiger partial charge is 0.337 e. The summed E-state index contributed by atoms with van der Waals surface area (Å²) in [6.07, 6.45) is 0.733. The molecule has 108 valence electrons. The number of ether oxygens (including phenoxy) is 1. The minimum Gasteiger partial charge on any atom is -0.465 e. The van der Waals surface area contributed by atoms with E-state index in [9.17, 15) is 14.4 Å². The molecule has 1 unspecified atom stereocenters. The molecule has 20 heavy (non-hydrogen) atoms. The van der Waals surface area contributed by atoms with E-state index in [0.29, 0.717) is 11.3 Å². The highest BCUT2D eigenvalue weighted by Gasteiger charge is 2.16. The molecule has 0 radical (unpaired) electrons. The van der Waals surface area contributed by atoms with Gasteiger partial charge in [0.2, 0.25) is 0 Å². The molecule has 0 aliphatic carbocycles. The highest BCUT2D eigenvalue weighted by molar-refractivity contribution is 6.39. The molecule has 2 N–H and O–H groups in total. The molecule has 1 rings (SSSR count). The lowest BCUT2D eigenvalue weighted by atomic mass is 10.2. The number of methoxy groups -OCH3 is 1. The van der Waals surface area contributed by atoms with E-state index in [1.165, 1.54) is 13.2 Å². The number of rotatable bonds is 4. The normalized spacial score (nSPS) is 11.3. The van der Waals surface area contributed by atoms with Gasteiger partial charge in [0.05, 0.1) is 12.7 Å². The van der Waals surface area contributed by atoms with Gasteiger partial charge in [-0.1, -0.05) is 13.0 Å². The van der Waals surface area contributed by atoms with Crippen molar-refractivity contribution in [1.82, 2.24) is 5.32 Å². The summed E-state index contributed by atoms with van der Waals surface area (Å²) in [6, 6.07) is 6.10. The molecule has 1 atom stereocenters. The first-order valence-electron chi connectivity index (χ1n) is 6.28. The van der Waals surface area contributed by atoms with Crippen molar-refractivity contribution in [2.75, 3.05) is 12.4 Å². The quantitative estimate of drug-likeness (QED) is 0.642. The Balaban J connectivity index is 2.71. The van der Waals surface area contributed by atoms with Gasteiger partial charge in [0.15, 0.2) is 0 Å². The van der Waals surface area contributed by atoms with E-state index in [4.69, 9.17) is 0 Å². The van der Waals surface area contributed by atoms with Crippen LogP contribution in [0.15, 0.2) is 24.3 Å². The van der Waals surface area contributed by atoms with Gasteiger partial charge < -0.3 is 15.4 Å². The second-order valence-electron chi connectivity index (χ2n) is 4.31. The summed E-state index contributed by atoms with van der Waals surface area (Å²) in [5.74, 6) is -1.99. The van der Waals surface area contributed by atoms with Crippen LogP contribution >= 0.6 is 0 Å². The van der Waals surface area contributed by atoms with Crippen LogP contribution in [-0.2, 0) is 14.3 Å². The van der Waals surface area contributed by atoms with Crippen molar-refractivity contribution < 1.29 is 19.1 Å². The fraction of sp³-hybridized carbons (Fsp3) is 0.357. The molecule has 0 saturated carbocycles. The number of esters is 1. The maximum atomic E-state index is 11.7. The minimum absolute atomic E-state index is 0.0744. The lowest BCUT2D eigenvalue weighted by Crippen LogP contribution is -2.40. The number of hydrogen-bond acceptors (Lipinski definition) is 4. The zero-order valence-corrected chi connectivity index (χ0v) is 11.7. The van der Waals surface area contributed by atoms with Crippen LogP contribution in [0, 0.1) is 0 Å². The molecule has 0 aromatic heterocycles. The lowest BCUT2D eigenvalue weighted by Gasteiger charge is -2.11. The van der Waals surface area contributed by atoms with Crippen LogP contribution in [0.2, 0.25) is 0 Å². The van der Waals surface area contributed by atoms with Crippen molar-refractivity contribution in [2.45, 2.75) is 26.3 Å². The van der Waals surface area contributed by atoms with Crippen LogP contribution in [-0.4, -0.2) is 30.9 Å². The van der Waals surface area contributed by atoms with Crippen LogP contribution in [0.1, 0.15) is 30.6 Å². The van der Waals surface area contributed by atoms with E-state index in [0.717, 1.165) is 6.42 Å². The average Bonchev–Trinajstić information content (AvgIpc) is 2.46. The second kappa shape index (κ2) is 7.28. The molecule has 0 aliphatic heterocycles. The largest absolute Gasteiger partial charge is 0.465 e. The molecule has 0 heterocycles. The van der Waals surface area contributed by atoms with E-state index in [1.54, 1.807) is 18.2 Å². The van der Waals surface area contributed by atoms with Gasteiger partial charge >= 0.3 is 17.8 Å². The van der Waals surface area contributed by atoms with E-state index >= 15 is 0 Å². The molecular formula is C14H18N2O4. The van der Waals surface area contributed by atoms with Gasteiger partial charge in [-0.15, -0.1) is 0 Å². The Morgan fingerprint density at radius 2 is 1.95 bits per heavy atom. The van der Waals surface area contributed by atoms with Gasteiger partial charge in [-0.25, -0.2) is 4.79 Å². The predicted octanol–water partition coefficient (Wildman–Crippen LogP) is 1.33. The maximum Gasteiger partial charge on any atom is 0.337 e. The lowest BCUT2D eigenvalue weighted by molar-refractivity contribution is -0.136. The number of hydrogen-bond donors (Lipinski definition) is 2. The van der Waals surface area contributed by atoms with Crippen LogP contribution in [0.5, 0.6) is 0 Å². The fourth-order valence-corrected chi connectivity index (χ4v) is 1.42. The Bertz CT molecular complexity index is 514. The van der Waals surface area contributed by atoms with E-state index in [-0.39, 0.29) is 6.04 Å². The number of carbonyl (C=O) groups is 3. The van der Waals surface area contributed by atoms with E-state index in [2.05, 4.69) is 15.4 Å². The Kier molecular flexibility index (Phi) is 5.71. The summed E-state index contributed by atoms with van der Waals surface area (Å²) >= 11 is 0. The third-order valence-electron chi connectivity index (χ3n) is 2.74. The van der Waals surface area contributed by atoms with Crippen molar-refractivity contribution >= 4 is 23.5 Å². The Morgan fingerprint density at radius 1 is 1.25 bits per heavy atom. The van der Waals surface area contributed by atoms with E-state index in [1.807, 2.05) is 13.8 Å². The molecule has 6 nitrogen and oxygen atoms in total. The Morgan fingerprint density at radius 3 is 2.55 bits per heavy atom. The summed E-state index contributed by atoms with van der Waals surface area (Å²) in [7, 11) is 1.27. The Labute approximate surface area is 117 Å². The third-order valence-corrected chi connectivity index (χ3v) is 2.74. The molecule has 0 saturated heterocycles. The minimum atomic E-state index is -0.771. The van der Waals surface area contributed by atoms with Crippen molar-refractivity contribution in [3.05, 3.63) is 29.8 Å². The molecule has 1 aromatic carbocycles. The molecule has 6 heteroatoms. The van der Waals surface area contributed by atoms with Crippen LogP contribution in [0.25, 0.3) is 0 Å². The molecule has 0 aliphatic rings. The standard InChI is InChI=1S/C14H18N2O4/c1-4-9(2)15-12(17)13(18)16-11-7-5-6-10(8-11)14(19)20-3/h5-9H,4H2,1-3H3,(H,15,17)(H,16,18). The summed E-state index contributed by atoms with van der Waals surface area (Å²) in [6.45, 7) is 3.71. The zero-order chi connectivity index (χ0) is 15.1. The van der Waals surface area contributed by atoms with Gasteiger partial charge in [-0.05, 0) is 31.5 Å². The van der Waals surface area contributed by atoms with Gasteiger partial charge in [0.1, 0.15) is 0 Å². The fourth-order valence-electron chi connectivity index (χ4n) is 1.42. The number of carbonyl (C=O) groups excluding carboxylic acids is 3. The average molecular weight is 278 g/mol. The molecule has 0 spiro atoms. The third kappa shape index (κ3) is 4.38. The zero-order valence-electron chi connectivity index (χ0n) is 11.7. The topological polar surface area (TPSA) is 84.5 Å². The molecular weight excluding hydrogens is 260 g/mol. The van der Waals surface area contributed by atoms with Crippen LogP contribution in [0.4, 0.5) is 5.69 Å². The summed E-state index contributed by atoms with van der Waals surface area (Å²) < 4.78 is 4.58. The molecule has 2 amide bonds. The summed E-state index contributed by atoms with van der Waals surface area (Å²) in [4.78, 5) is 34.6. The molecule has 0 fully saturated rings. The number of nitrogens with one attached hydrogen (secondary N) is 2. The van der Waals surface area contributed by atoms with Crippen LogP contribution < -0.4 is 10.6 Å². The van der Waals surface area contributed by atoms with Gasteiger partial charge in [0, 0.05) is 11.7 Å². The predicted molar refractivity (Wildman–Crippen MR) is 74.3 cm³/mol. The first-order valence-corrected chi connectivity index (χ1v) is 6.28. The SMILES string of the molecule is CCC(C)NC(=O)C(=O)Nc1cccc(C(=O)OC)c1. The highest BCUT2D eigenvalue weighted by atomic mass is 16.5. The van der Waals surface area contributed by atoms with Gasteiger partial charge in [-0.2, -0.15) is 0 Å². The summed E-state index contributed by atoms with van der Waals surface area (Å²) in [5, 5.41) is 4.99. The van der Waals surface area contributed by atoms with Crippen LogP contribution in [0.3, 0.4) is 0 Å². The van der Waals surface area contributed by atoms with Gasteiger partial charge in [-0.3, -0.25) is 9.59 Å². The second-order valence-corrected chi connectivity index (χ2v) is 4.31. The van der Waals surface area contributed by atoms with Crippen molar-refractivity contribution in [3.63, 3.8) is 0 Å². The van der Waals surface area contributed by atoms with Crippen molar-refractivity contribution in [1.29, 1.82) is 0 Å². The number of anilines is 1. The molecule has 0 bridgehead atoms. The Hall–Kier alpha value is -2.37. The highest BCUT2D eigenvalue weighted by Crippen LogP contribution is 2.11. The van der Waals surface area contributed by atoms with E-state index < -0.39 is 17.8 Å². The van der Waals surface area contributed by atoms with Gasteiger partial charge in [0.25, 0.3) is 0 Å². The first kappa shape index (κ1) is 15.7. The van der Waals surface area contributed by atoms with Crippen molar-refractivity contribution in [2.24, 2.45) is 0 Å². The monoisotopic (exact) mass is 278 g/mol. The first-order chi connectivity index (χ1) is 9.47. The molecule has 1 aromatic rings. The summed E-state index contributed by atoms with van der Waals surface area (Å²) in [5.41, 5.74) is 0.657.